The average Bonchev–Trinajstić information content (AvgIpc) is 3.68. The van der Waals surface area contributed by atoms with Gasteiger partial charge in [-0.2, -0.15) is 4.98 Å². The van der Waals surface area contributed by atoms with Gasteiger partial charge < -0.3 is 9.42 Å². The monoisotopic (exact) mass is 570 g/mol. The molecule has 0 spiro atoms. The first-order chi connectivity index (χ1) is 20.0. The molecule has 10 rings (SSSR count). The maximum absolute atomic E-state index is 14.6. The van der Waals surface area contributed by atoms with E-state index in [4.69, 9.17) is 9.51 Å². The van der Waals surface area contributed by atoms with Crippen LogP contribution in [0.25, 0.3) is 11.1 Å². The van der Waals surface area contributed by atoms with Crippen molar-refractivity contribution in [2.24, 2.45) is 10.8 Å². The standard InChI is InChI=1S/C33H39FN6O2/c1-29(2,3)26-38-27(42-39-26)31-9-6-30(7-10-31,8-11-31)20-40(28(41)32-17-33(34,18-32)19-32)24-12-22(13-35-16-24)23-14-36-25(37-15-23)21-4-5-21/h12-16,21H,4-11,17-20H2,1-3H3. The van der Waals surface area contributed by atoms with Crippen LogP contribution in [0.3, 0.4) is 0 Å². The van der Waals surface area contributed by atoms with E-state index in [1.54, 1.807) is 6.20 Å². The summed E-state index contributed by atoms with van der Waals surface area (Å²) in [5, 5.41) is 4.32. The van der Waals surface area contributed by atoms with Crippen LogP contribution in [-0.2, 0) is 15.6 Å². The molecule has 0 aromatic carbocycles. The van der Waals surface area contributed by atoms with Gasteiger partial charge in [-0.25, -0.2) is 14.4 Å². The minimum atomic E-state index is -1.13. The molecule has 0 atom stereocenters. The Hall–Kier alpha value is -3.23. The molecule has 8 nitrogen and oxygen atoms in total. The molecule has 0 radical (unpaired) electrons. The number of carbonyl (C=O) groups is 1. The van der Waals surface area contributed by atoms with Crippen LogP contribution in [0.5, 0.6) is 0 Å². The van der Waals surface area contributed by atoms with Gasteiger partial charge in [-0.1, -0.05) is 25.9 Å². The van der Waals surface area contributed by atoms with Crippen molar-refractivity contribution in [3.8, 4) is 11.1 Å². The molecule has 220 valence electrons. The molecular formula is C33H39FN6O2. The van der Waals surface area contributed by atoms with Crippen LogP contribution in [0.2, 0.25) is 0 Å². The molecule has 7 saturated carbocycles. The number of fused-ring (bicyclic) bond motifs is 3. The Morgan fingerprint density at radius 1 is 0.976 bits per heavy atom. The molecule has 1 amide bonds. The third-order valence-electron chi connectivity index (χ3n) is 11.1. The van der Waals surface area contributed by atoms with E-state index < -0.39 is 11.1 Å². The summed E-state index contributed by atoms with van der Waals surface area (Å²) in [4.78, 5) is 34.8. The van der Waals surface area contributed by atoms with Crippen molar-refractivity contribution in [1.82, 2.24) is 25.1 Å². The number of amides is 1. The van der Waals surface area contributed by atoms with Gasteiger partial charge in [0, 0.05) is 53.0 Å². The number of alkyl halides is 1. The van der Waals surface area contributed by atoms with Crippen LogP contribution in [0, 0.1) is 10.8 Å². The molecule has 0 unspecified atom stereocenters. The minimum absolute atomic E-state index is 0.00620. The van der Waals surface area contributed by atoms with Gasteiger partial charge in [0.15, 0.2) is 5.82 Å². The van der Waals surface area contributed by atoms with Gasteiger partial charge in [0.25, 0.3) is 0 Å². The highest BCUT2D eigenvalue weighted by molar-refractivity contribution is 6.00. The Bertz CT molecular complexity index is 1510. The van der Waals surface area contributed by atoms with Crippen molar-refractivity contribution in [2.45, 2.75) is 114 Å². The van der Waals surface area contributed by atoms with Crippen molar-refractivity contribution >= 4 is 11.6 Å². The lowest BCUT2D eigenvalue weighted by atomic mass is 9.41. The number of rotatable bonds is 7. The molecule has 3 heterocycles. The van der Waals surface area contributed by atoms with Gasteiger partial charge in [0.05, 0.1) is 17.3 Å². The number of hydrogen-bond donors (Lipinski definition) is 0. The van der Waals surface area contributed by atoms with Crippen molar-refractivity contribution in [3.05, 3.63) is 48.4 Å². The largest absolute Gasteiger partial charge is 0.339 e. The minimum Gasteiger partial charge on any atom is -0.339 e. The predicted octanol–water partition coefficient (Wildman–Crippen LogP) is 6.61. The number of pyridine rings is 1. The van der Waals surface area contributed by atoms with E-state index in [1.165, 1.54) is 0 Å². The quantitative estimate of drug-likeness (QED) is 0.315. The number of halogens is 1. The first kappa shape index (κ1) is 26.4. The molecule has 7 fully saturated rings. The second kappa shape index (κ2) is 8.66. The highest BCUT2D eigenvalue weighted by Gasteiger charge is 2.73. The van der Waals surface area contributed by atoms with Crippen LogP contribution in [0.15, 0.2) is 35.4 Å². The molecule has 4 bridgehead atoms. The zero-order chi connectivity index (χ0) is 29.0. The molecule has 0 aliphatic heterocycles. The third-order valence-corrected chi connectivity index (χ3v) is 11.1. The van der Waals surface area contributed by atoms with E-state index in [9.17, 15) is 9.18 Å². The van der Waals surface area contributed by atoms with Crippen LogP contribution < -0.4 is 4.90 Å². The highest BCUT2D eigenvalue weighted by Crippen LogP contribution is 2.70. The number of aromatic nitrogens is 5. The van der Waals surface area contributed by atoms with Crippen molar-refractivity contribution < 1.29 is 13.7 Å². The first-order valence-corrected chi connectivity index (χ1v) is 15.6. The lowest BCUT2D eigenvalue weighted by molar-refractivity contribution is -0.211. The van der Waals surface area contributed by atoms with Gasteiger partial charge in [0.1, 0.15) is 11.5 Å². The second-order valence-electron chi connectivity index (χ2n) is 15.3. The van der Waals surface area contributed by atoms with E-state index in [0.717, 1.165) is 85.7 Å². The summed E-state index contributed by atoms with van der Waals surface area (Å²) in [5.41, 5.74) is 0.651. The van der Waals surface area contributed by atoms with Gasteiger partial charge in [0.2, 0.25) is 11.8 Å². The van der Waals surface area contributed by atoms with Gasteiger partial charge in [-0.3, -0.25) is 9.78 Å². The van der Waals surface area contributed by atoms with E-state index >= 15 is 0 Å². The summed E-state index contributed by atoms with van der Waals surface area (Å²) >= 11 is 0. The van der Waals surface area contributed by atoms with E-state index in [2.05, 4.69) is 40.9 Å². The highest BCUT2D eigenvalue weighted by atomic mass is 19.1. The summed E-state index contributed by atoms with van der Waals surface area (Å²) in [7, 11) is 0. The number of carbonyl (C=O) groups excluding carboxylic acids is 1. The van der Waals surface area contributed by atoms with Crippen LogP contribution >= 0.6 is 0 Å². The SMILES string of the molecule is CC(C)(C)c1noc(C23CCC(CN(C(=O)C45CC(F)(C4)C5)c4cncc(-c5cnc(C6CC6)nc5)c4)(CC2)CC3)n1. The summed E-state index contributed by atoms with van der Waals surface area (Å²) in [5.74, 6) is 3.00. The molecule has 3 aromatic heterocycles. The van der Waals surface area contributed by atoms with Gasteiger partial charge in [-0.15, -0.1) is 0 Å². The van der Waals surface area contributed by atoms with Crippen LogP contribution in [0.4, 0.5) is 10.1 Å². The molecule has 0 N–H and O–H groups in total. The molecule has 7 aliphatic carbocycles. The van der Waals surface area contributed by atoms with E-state index in [1.807, 2.05) is 29.6 Å². The molecule has 7 aliphatic rings. The maximum Gasteiger partial charge on any atom is 0.233 e. The summed E-state index contributed by atoms with van der Waals surface area (Å²) in [6.07, 6.45) is 16.6. The topological polar surface area (TPSA) is 97.9 Å². The zero-order valence-electron chi connectivity index (χ0n) is 24.8. The number of hydrogen-bond acceptors (Lipinski definition) is 7. The van der Waals surface area contributed by atoms with Crippen molar-refractivity contribution in [2.75, 3.05) is 11.4 Å². The molecule has 9 heteroatoms. The maximum atomic E-state index is 14.6. The predicted molar refractivity (Wildman–Crippen MR) is 155 cm³/mol. The average molecular weight is 571 g/mol. The number of anilines is 1. The summed E-state index contributed by atoms with van der Waals surface area (Å²) in [6.45, 7) is 6.94. The Kier molecular flexibility index (Phi) is 5.45. The van der Waals surface area contributed by atoms with Gasteiger partial charge in [-0.05, 0) is 82.1 Å². The van der Waals surface area contributed by atoms with Crippen LogP contribution in [-0.4, -0.2) is 43.2 Å². The third kappa shape index (κ3) is 4.13. The Morgan fingerprint density at radius 2 is 1.64 bits per heavy atom. The summed E-state index contributed by atoms with van der Waals surface area (Å²) in [6, 6.07) is 2.04. The normalized spacial score (nSPS) is 33.1. The Balaban J connectivity index is 1.06. The fraction of sp³-hybridized carbons (Fsp3) is 0.636. The number of nitrogens with zero attached hydrogens (tertiary/aromatic N) is 6. The molecule has 0 saturated heterocycles. The lowest BCUT2D eigenvalue weighted by Gasteiger charge is -2.65. The smallest absolute Gasteiger partial charge is 0.233 e. The van der Waals surface area contributed by atoms with Crippen molar-refractivity contribution in [3.63, 3.8) is 0 Å². The second-order valence-corrected chi connectivity index (χ2v) is 15.3. The van der Waals surface area contributed by atoms with Crippen LogP contribution in [0.1, 0.15) is 115 Å². The fourth-order valence-corrected chi connectivity index (χ4v) is 8.13. The molecular weight excluding hydrogens is 531 g/mol. The summed E-state index contributed by atoms with van der Waals surface area (Å²) < 4.78 is 20.4. The molecule has 3 aromatic rings. The lowest BCUT2D eigenvalue weighted by Crippen LogP contribution is -2.71. The van der Waals surface area contributed by atoms with E-state index in [-0.39, 0.29) is 22.2 Å². The molecule has 42 heavy (non-hydrogen) atoms. The Morgan fingerprint density at radius 3 is 2.21 bits per heavy atom. The Labute approximate surface area is 245 Å². The van der Waals surface area contributed by atoms with E-state index in [0.29, 0.717) is 31.7 Å². The fourth-order valence-electron chi connectivity index (χ4n) is 8.13. The zero-order valence-corrected chi connectivity index (χ0v) is 24.8. The van der Waals surface area contributed by atoms with Gasteiger partial charge >= 0.3 is 0 Å². The van der Waals surface area contributed by atoms with Crippen molar-refractivity contribution in [1.29, 1.82) is 0 Å². The first-order valence-electron chi connectivity index (χ1n) is 15.6.